The predicted octanol–water partition coefficient (Wildman–Crippen LogP) is 2.66. The lowest BCUT2D eigenvalue weighted by Crippen LogP contribution is -2.46. The monoisotopic (exact) mass is 360 g/mol. The molecule has 0 saturated heterocycles. The zero-order valence-corrected chi connectivity index (χ0v) is 13.8. The van der Waals surface area contributed by atoms with Crippen molar-refractivity contribution in [3.63, 3.8) is 0 Å². The highest BCUT2D eigenvalue weighted by atomic mass is 79.9. The summed E-state index contributed by atoms with van der Waals surface area (Å²) in [6.07, 6.45) is 0.667. The first kappa shape index (κ1) is 17.0. The van der Waals surface area contributed by atoms with Crippen LogP contribution in [0.25, 0.3) is 0 Å². The van der Waals surface area contributed by atoms with Gasteiger partial charge in [-0.2, -0.15) is 0 Å². The standard InChI is InChI=1S/C14H18BrClN2O2/c1-8(2)5-13(19)18-12(14(17)20)7-9-6-10(16)3-4-11(9)15/h3-4,6,8,12H,5,7H2,1-2H3,(H2,17,20)(H,18,19)/t12-/m0/s1. The fourth-order valence-corrected chi connectivity index (χ4v) is 2.37. The molecule has 20 heavy (non-hydrogen) atoms. The molecule has 110 valence electrons. The van der Waals surface area contributed by atoms with Crippen LogP contribution in [-0.4, -0.2) is 17.9 Å². The molecule has 0 fully saturated rings. The Morgan fingerprint density at radius 1 is 1.40 bits per heavy atom. The summed E-state index contributed by atoms with van der Waals surface area (Å²) in [6, 6.07) is 4.55. The fraction of sp³-hybridized carbons (Fsp3) is 0.429. The average molecular weight is 362 g/mol. The van der Waals surface area contributed by atoms with E-state index in [-0.39, 0.29) is 11.8 Å². The van der Waals surface area contributed by atoms with Crippen LogP contribution in [0.4, 0.5) is 0 Å². The van der Waals surface area contributed by atoms with Gasteiger partial charge in [-0.3, -0.25) is 9.59 Å². The van der Waals surface area contributed by atoms with Crippen LogP contribution in [0.2, 0.25) is 5.02 Å². The van der Waals surface area contributed by atoms with E-state index >= 15 is 0 Å². The number of halogens is 2. The van der Waals surface area contributed by atoms with Crippen molar-refractivity contribution in [3.8, 4) is 0 Å². The van der Waals surface area contributed by atoms with Crippen molar-refractivity contribution >= 4 is 39.3 Å². The molecule has 0 spiro atoms. The van der Waals surface area contributed by atoms with E-state index in [0.717, 1.165) is 10.0 Å². The summed E-state index contributed by atoms with van der Waals surface area (Å²) < 4.78 is 0.825. The van der Waals surface area contributed by atoms with Gasteiger partial charge >= 0.3 is 0 Å². The topological polar surface area (TPSA) is 72.2 Å². The molecule has 0 aliphatic rings. The molecule has 6 heteroatoms. The molecule has 1 aromatic carbocycles. The van der Waals surface area contributed by atoms with Crippen molar-refractivity contribution in [1.29, 1.82) is 0 Å². The Balaban J connectivity index is 2.80. The molecule has 0 unspecified atom stereocenters. The number of hydrogen-bond acceptors (Lipinski definition) is 2. The molecule has 0 bridgehead atoms. The van der Waals surface area contributed by atoms with Crippen LogP contribution >= 0.6 is 27.5 Å². The summed E-state index contributed by atoms with van der Waals surface area (Å²) in [5.41, 5.74) is 6.17. The Labute approximate surface area is 132 Å². The van der Waals surface area contributed by atoms with E-state index < -0.39 is 11.9 Å². The summed E-state index contributed by atoms with van der Waals surface area (Å²) in [6.45, 7) is 3.87. The molecule has 1 rings (SSSR count). The minimum Gasteiger partial charge on any atom is -0.368 e. The number of nitrogens with two attached hydrogens (primary N) is 1. The smallest absolute Gasteiger partial charge is 0.240 e. The molecule has 0 saturated carbocycles. The maximum atomic E-state index is 11.8. The van der Waals surface area contributed by atoms with Crippen LogP contribution in [0.15, 0.2) is 22.7 Å². The predicted molar refractivity (Wildman–Crippen MR) is 83.4 cm³/mol. The quantitative estimate of drug-likeness (QED) is 0.817. The highest BCUT2D eigenvalue weighted by molar-refractivity contribution is 9.10. The van der Waals surface area contributed by atoms with Crippen molar-refractivity contribution in [1.82, 2.24) is 5.32 Å². The van der Waals surface area contributed by atoms with E-state index in [2.05, 4.69) is 21.2 Å². The lowest BCUT2D eigenvalue weighted by atomic mass is 10.0. The Bertz CT molecular complexity index is 506. The van der Waals surface area contributed by atoms with Gasteiger partial charge in [0.25, 0.3) is 0 Å². The number of carbonyl (C=O) groups excluding carboxylic acids is 2. The van der Waals surface area contributed by atoms with E-state index in [4.69, 9.17) is 17.3 Å². The molecule has 1 atom stereocenters. The van der Waals surface area contributed by atoms with Crippen LogP contribution < -0.4 is 11.1 Å². The van der Waals surface area contributed by atoms with E-state index in [9.17, 15) is 9.59 Å². The number of carbonyl (C=O) groups is 2. The van der Waals surface area contributed by atoms with Gasteiger partial charge in [-0.1, -0.05) is 41.4 Å². The largest absolute Gasteiger partial charge is 0.368 e. The third-order valence-electron chi connectivity index (χ3n) is 2.70. The van der Waals surface area contributed by atoms with E-state index in [1.165, 1.54) is 0 Å². The van der Waals surface area contributed by atoms with E-state index in [1.807, 2.05) is 13.8 Å². The first-order valence-corrected chi connectivity index (χ1v) is 7.49. The third kappa shape index (κ3) is 5.51. The van der Waals surface area contributed by atoms with Gasteiger partial charge in [0.1, 0.15) is 6.04 Å². The highest BCUT2D eigenvalue weighted by Gasteiger charge is 2.20. The number of nitrogens with one attached hydrogen (secondary N) is 1. The number of benzene rings is 1. The van der Waals surface area contributed by atoms with Gasteiger partial charge in [0.05, 0.1) is 0 Å². The lowest BCUT2D eigenvalue weighted by Gasteiger charge is -2.17. The van der Waals surface area contributed by atoms with Crippen molar-refractivity contribution < 1.29 is 9.59 Å². The molecular weight excluding hydrogens is 344 g/mol. The zero-order valence-electron chi connectivity index (χ0n) is 11.5. The average Bonchev–Trinajstić information content (AvgIpc) is 2.31. The Hall–Kier alpha value is -1.07. The van der Waals surface area contributed by atoms with Crippen LogP contribution in [0.3, 0.4) is 0 Å². The molecular formula is C14H18BrClN2O2. The number of primary amides is 1. The Morgan fingerprint density at radius 2 is 2.05 bits per heavy atom. The minimum atomic E-state index is -0.740. The van der Waals surface area contributed by atoms with Crippen LogP contribution in [0.5, 0.6) is 0 Å². The molecule has 0 heterocycles. The second-order valence-electron chi connectivity index (χ2n) is 5.06. The van der Waals surface area contributed by atoms with Crippen LogP contribution in [0, 0.1) is 5.92 Å². The first-order valence-electron chi connectivity index (χ1n) is 6.32. The molecule has 0 aliphatic carbocycles. The third-order valence-corrected chi connectivity index (χ3v) is 3.71. The summed E-state index contributed by atoms with van der Waals surface area (Å²) in [5, 5.41) is 3.23. The first-order chi connectivity index (χ1) is 9.29. The highest BCUT2D eigenvalue weighted by Crippen LogP contribution is 2.22. The Kier molecular flexibility index (Phi) is 6.49. The summed E-state index contributed by atoms with van der Waals surface area (Å²) in [4.78, 5) is 23.2. The minimum absolute atomic E-state index is 0.179. The van der Waals surface area contributed by atoms with Crippen molar-refractivity contribution in [2.45, 2.75) is 32.7 Å². The normalized spacial score (nSPS) is 12.2. The fourth-order valence-electron chi connectivity index (χ4n) is 1.77. The van der Waals surface area contributed by atoms with E-state index in [1.54, 1.807) is 18.2 Å². The van der Waals surface area contributed by atoms with Crippen LogP contribution in [0.1, 0.15) is 25.8 Å². The van der Waals surface area contributed by atoms with Gasteiger partial charge < -0.3 is 11.1 Å². The lowest BCUT2D eigenvalue weighted by molar-refractivity contribution is -0.127. The molecule has 1 aromatic rings. The summed E-state index contributed by atoms with van der Waals surface area (Å²) >= 11 is 9.32. The van der Waals surface area contributed by atoms with Gasteiger partial charge in [-0.15, -0.1) is 0 Å². The van der Waals surface area contributed by atoms with Gasteiger partial charge in [0, 0.05) is 22.3 Å². The summed E-state index contributed by atoms with van der Waals surface area (Å²) in [5.74, 6) is -0.516. The second kappa shape index (κ2) is 7.64. The van der Waals surface area contributed by atoms with Gasteiger partial charge in [-0.05, 0) is 29.7 Å². The van der Waals surface area contributed by atoms with E-state index in [0.29, 0.717) is 17.9 Å². The SMILES string of the molecule is CC(C)CC(=O)N[C@@H](Cc1cc(Cl)ccc1Br)C(N)=O. The number of hydrogen-bond donors (Lipinski definition) is 2. The van der Waals surface area contributed by atoms with Crippen LogP contribution in [-0.2, 0) is 16.0 Å². The number of rotatable bonds is 6. The Morgan fingerprint density at radius 3 is 2.60 bits per heavy atom. The van der Waals surface area contributed by atoms with Crippen molar-refractivity contribution in [2.75, 3.05) is 0 Å². The molecule has 0 radical (unpaired) electrons. The van der Waals surface area contributed by atoms with Gasteiger partial charge in [0.2, 0.25) is 11.8 Å². The second-order valence-corrected chi connectivity index (χ2v) is 6.35. The van der Waals surface area contributed by atoms with Gasteiger partial charge in [-0.25, -0.2) is 0 Å². The molecule has 4 nitrogen and oxygen atoms in total. The number of amides is 2. The zero-order chi connectivity index (χ0) is 15.3. The molecule has 0 aromatic heterocycles. The maximum Gasteiger partial charge on any atom is 0.240 e. The maximum absolute atomic E-state index is 11.8. The molecule has 2 amide bonds. The van der Waals surface area contributed by atoms with Crippen molar-refractivity contribution in [2.24, 2.45) is 11.7 Å². The molecule has 0 aliphatic heterocycles. The summed E-state index contributed by atoms with van der Waals surface area (Å²) in [7, 11) is 0. The van der Waals surface area contributed by atoms with Gasteiger partial charge in [0.15, 0.2) is 0 Å². The molecule has 3 N–H and O–H groups in total. The van der Waals surface area contributed by atoms with Crippen molar-refractivity contribution in [3.05, 3.63) is 33.3 Å².